The molecule has 2 fully saturated rings. The maximum Gasteiger partial charge on any atom is 0.306 e. The first-order valence-electron chi connectivity index (χ1n) is 9.38. The molecular formula is C18H33ClN2O3. The summed E-state index contributed by atoms with van der Waals surface area (Å²) in [5, 5.41) is 0. The molecule has 5 nitrogen and oxygen atoms in total. The molecule has 0 aromatic heterocycles. The molecule has 0 N–H and O–H groups in total. The number of nitrogens with zero attached hydrogens (tertiary/aromatic N) is 2. The Morgan fingerprint density at radius 3 is 2.46 bits per heavy atom. The van der Waals surface area contributed by atoms with Gasteiger partial charge in [0.1, 0.15) is 6.10 Å². The molecule has 0 saturated carbocycles. The Labute approximate surface area is 152 Å². The van der Waals surface area contributed by atoms with E-state index in [1.807, 2.05) is 4.90 Å². The minimum absolute atomic E-state index is 0. The second-order valence-corrected chi connectivity index (χ2v) is 6.87. The second-order valence-electron chi connectivity index (χ2n) is 6.87. The molecule has 6 heteroatoms. The number of carbonyl (C=O) groups excluding carboxylic acids is 2. The molecule has 1 unspecified atom stereocenters. The minimum atomic E-state index is -0.177. The van der Waals surface area contributed by atoms with Crippen molar-refractivity contribution in [1.29, 1.82) is 0 Å². The number of hydrogen-bond donors (Lipinski definition) is 0. The average molecular weight is 361 g/mol. The molecule has 0 aliphatic carbocycles. The van der Waals surface area contributed by atoms with Crippen molar-refractivity contribution >= 4 is 24.3 Å². The molecule has 0 radical (unpaired) electrons. The Morgan fingerprint density at radius 1 is 1.08 bits per heavy atom. The number of carbonyl (C=O) groups is 2. The molecule has 24 heavy (non-hydrogen) atoms. The van der Waals surface area contributed by atoms with Gasteiger partial charge in [0, 0.05) is 25.9 Å². The smallest absolute Gasteiger partial charge is 0.306 e. The van der Waals surface area contributed by atoms with Gasteiger partial charge in [-0.15, -0.1) is 12.4 Å². The van der Waals surface area contributed by atoms with Gasteiger partial charge in [0.25, 0.3) is 0 Å². The standard InChI is InChI=1S/C18H32N2O3.ClH/c1-2-3-5-10-18(22)23-16(14-19-11-6-4-7-12-19)15-20-13-8-9-17(20)21;/h16H,2-15H2,1H3;1H. The van der Waals surface area contributed by atoms with Crippen LogP contribution in [-0.4, -0.2) is 60.5 Å². The van der Waals surface area contributed by atoms with Crippen molar-refractivity contribution in [2.75, 3.05) is 32.7 Å². The van der Waals surface area contributed by atoms with E-state index in [0.29, 0.717) is 19.4 Å². The summed E-state index contributed by atoms with van der Waals surface area (Å²) in [6.45, 7) is 6.43. The van der Waals surface area contributed by atoms with E-state index in [9.17, 15) is 9.59 Å². The number of ether oxygens (including phenoxy) is 1. The van der Waals surface area contributed by atoms with Gasteiger partial charge in [0.15, 0.2) is 0 Å². The van der Waals surface area contributed by atoms with Crippen LogP contribution in [0.4, 0.5) is 0 Å². The number of esters is 1. The van der Waals surface area contributed by atoms with Crippen molar-refractivity contribution in [2.45, 2.75) is 70.8 Å². The molecule has 2 rings (SSSR count). The SMILES string of the molecule is CCCCCC(=O)OC(CN1CCCCC1)CN1CCCC1=O.Cl. The lowest BCUT2D eigenvalue weighted by atomic mass is 10.1. The summed E-state index contributed by atoms with van der Waals surface area (Å²) in [5.41, 5.74) is 0. The number of amides is 1. The van der Waals surface area contributed by atoms with Crippen LogP contribution in [0.25, 0.3) is 0 Å². The highest BCUT2D eigenvalue weighted by Crippen LogP contribution is 2.15. The van der Waals surface area contributed by atoms with Crippen LogP contribution in [0.15, 0.2) is 0 Å². The maximum absolute atomic E-state index is 12.1. The zero-order valence-corrected chi connectivity index (χ0v) is 15.8. The van der Waals surface area contributed by atoms with Crippen molar-refractivity contribution in [3.05, 3.63) is 0 Å². The monoisotopic (exact) mass is 360 g/mol. The Kier molecular flexibility index (Phi) is 10.3. The van der Waals surface area contributed by atoms with Gasteiger partial charge in [-0.25, -0.2) is 0 Å². The molecule has 0 bridgehead atoms. The quantitative estimate of drug-likeness (QED) is 0.468. The van der Waals surface area contributed by atoms with Crippen molar-refractivity contribution in [1.82, 2.24) is 9.80 Å². The predicted octanol–water partition coefficient (Wildman–Crippen LogP) is 3.01. The molecule has 0 aromatic rings. The van der Waals surface area contributed by atoms with Crippen LogP contribution in [0.5, 0.6) is 0 Å². The van der Waals surface area contributed by atoms with E-state index in [0.717, 1.165) is 51.9 Å². The molecule has 2 aliphatic heterocycles. The van der Waals surface area contributed by atoms with E-state index >= 15 is 0 Å². The highest BCUT2D eigenvalue weighted by atomic mass is 35.5. The Morgan fingerprint density at radius 2 is 1.83 bits per heavy atom. The van der Waals surface area contributed by atoms with Gasteiger partial charge in [-0.3, -0.25) is 14.5 Å². The molecule has 0 aromatic carbocycles. The first-order valence-corrected chi connectivity index (χ1v) is 9.38. The zero-order valence-electron chi connectivity index (χ0n) is 15.0. The minimum Gasteiger partial charge on any atom is -0.459 e. The topological polar surface area (TPSA) is 49.9 Å². The second kappa shape index (κ2) is 11.7. The van der Waals surface area contributed by atoms with Crippen LogP contribution in [0.3, 0.4) is 0 Å². The Balaban J connectivity index is 0.00000288. The lowest BCUT2D eigenvalue weighted by Crippen LogP contribution is -2.44. The number of unbranched alkanes of at least 4 members (excludes halogenated alkanes) is 2. The van der Waals surface area contributed by atoms with Crippen molar-refractivity contribution in [3.63, 3.8) is 0 Å². The van der Waals surface area contributed by atoms with Crippen LogP contribution in [0, 0.1) is 0 Å². The first kappa shape index (κ1) is 21.2. The largest absolute Gasteiger partial charge is 0.459 e. The molecule has 0 spiro atoms. The molecule has 2 saturated heterocycles. The van der Waals surface area contributed by atoms with E-state index in [1.54, 1.807) is 0 Å². The fourth-order valence-corrected chi connectivity index (χ4v) is 3.47. The fraction of sp³-hybridized carbons (Fsp3) is 0.889. The lowest BCUT2D eigenvalue weighted by molar-refractivity contribution is -0.152. The first-order chi connectivity index (χ1) is 11.2. The third kappa shape index (κ3) is 7.39. The molecular weight excluding hydrogens is 328 g/mol. The molecule has 140 valence electrons. The van der Waals surface area contributed by atoms with Crippen LogP contribution < -0.4 is 0 Å². The van der Waals surface area contributed by atoms with Crippen LogP contribution in [0.2, 0.25) is 0 Å². The summed E-state index contributed by atoms with van der Waals surface area (Å²) in [6.07, 6.45) is 8.70. The van der Waals surface area contributed by atoms with Gasteiger partial charge < -0.3 is 9.64 Å². The zero-order chi connectivity index (χ0) is 16.5. The van der Waals surface area contributed by atoms with Crippen LogP contribution in [-0.2, 0) is 14.3 Å². The Bertz CT molecular complexity index is 386. The number of likely N-dealkylation sites (tertiary alicyclic amines) is 2. The maximum atomic E-state index is 12.1. The predicted molar refractivity (Wildman–Crippen MR) is 97.4 cm³/mol. The number of rotatable bonds is 9. The fourth-order valence-electron chi connectivity index (χ4n) is 3.47. The molecule has 2 heterocycles. The van der Waals surface area contributed by atoms with Gasteiger partial charge in [0.2, 0.25) is 5.91 Å². The van der Waals surface area contributed by atoms with Crippen molar-refractivity contribution < 1.29 is 14.3 Å². The van der Waals surface area contributed by atoms with E-state index in [-0.39, 0.29) is 30.4 Å². The van der Waals surface area contributed by atoms with Gasteiger partial charge in [-0.05, 0) is 38.8 Å². The summed E-state index contributed by atoms with van der Waals surface area (Å²) in [5.74, 6) is 0.0998. The van der Waals surface area contributed by atoms with E-state index in [4.69, 9.17) is 4.74 Å². The van der Waals surface area contributed by atoms with Gasteiger partial charge in [-0.1, -0.05) is 26.2 Å². The van der Waals surface area contributed by atoms with E-state index < -0.39 is 0 Å². The van der Waals surface area contributed by atoms with Crippen LogP contribution >= 0.6 is 12.4 Å². The van der Waals surface area contributed by atoms with Gasteiger partial charge in [0.05, 0.1) is 6.54 Å². The number of piperidine rings is 1. The van der Waals surface area contributed by atoms with E-state index in [2.05, 4.69) is 11.8 Å². The van der Waals surface area contributed by atoms with Crippen molar-refractivity contribution in [2.24, 2.45) is 0 Å². The summed E-state index contributed by atoms with van der Waals surface area (Å²) < 4.78 is 5.74. The lowest BCUT2D eigenvalue weighted by Gasteiger charge is -2.32. The van der Waals surface area contributed by atoms with Gasteiger partial charge in [-0.2, -0.15) is 0 Å². The normalized spacial score (nSPS) is 19.9. The summed E-state index contributed by atoms with van der Waals surface area (Å²) >= 11 is 0. The number of hydrogen-bond acceptors (Lipinski definition) is 4. The summed E-state index contributed by atoms with van der Waals surface area (Å²) in [7, 11) is 0. The highest BCUT2D eigenvalue weighted by Gasteiger charge is 2.27. The Hall–Kier alpha value is -0.810. The van der Waals surface area contributed by atoms with E-state index in [1.165, 1.54) is 19.3 Å². The third-order valence-corrected chi connectivity index (χ3v) is 4.79. The third-order valence-electron chi connectivity index (χ3n) is 4.79. The molecule has 1 atom stereocenters. The highest BCUT2D eigenvalue weighted by molar-refractivity contribution is 5.85. The van der Waals surface area contributed by atoms with Gasteiger partial charge >= 0.3 is 5.97 Å². The van der Waals surface area contributed by atoms with Crippen molar-refractivity contribution in [3.8, 4) is 0 Å². The van der Waals surface area contributed by atoms with Crippen LogP contribution in [0.1, 0.15) is 64.7 Å². The molecule has 1 amide bonds. The molecule has 2 aliphatic rings. The summed E-state index contributed by atoms with van der Waals surface area (Å²) in [4.78, 5) is 28.2. The summed E-state index contributed by atoms with van der Waals surface area (Å²) in [6, 6.07) is 0. The average Bonchev–Trinajstić information content (AvgIpc) is 2.93. The number of halogens is 1.